The van der Waals surface area contributed by atoms with Crippen LogP contribution in [0.15, 0.2) is 18.2 Å². The van der Waals surface area contributed by atoms with Crippen LogP contribution in [-0.2, 0) is 4.74 Å². The van der Waals surface area contributed by atoms with Crippen LogP contribution in [0.3, 0.4) is 0 Å². The Morgan fingerprint density at radius 1 is 1.33 bits per heavy atom. The van der Waals surface area contributed by atoms with Crippen LogP contribution in [0.4, 0.5) is 0 Å². The van der Waals surface area contributed by atoms with Gasteiger partial charge < -0.3 is 15.2 Å². The van der Waals surface area contributed by atoms with Crippen LogP contribution in [0.1, 0.15) is 44.4 Å². The van der Waals surface area contributed by atoms with E-state index < -0.39 is 0 Å². The van der Waals surface area contributed by atoms with Crippen molar-refractivity contribution in [3.8, 4) is 5.75 Å². The molecule has 18 heavy (non-hydrogen) atoms. The molecule has 1 unspecified atom stereocenters. The number of ether oxygens (including phenoxy) is 2. The number of rotatable bonds is 6. The van der Waals surface area contributed by atoms with Crippen molar-refractivity contribution >= 4 is 0 Å². The highest BCUT2D eigenvalue weighted by atomic mass is 16.5. The monoisotopic (exact) mass is 251 g/mol. The van der Waals surface area contributed by atoms with E-state index in [1.54, 1.807) is 7.11 Å². The Balaban J connectivity index is 2.67. The van der Waals surface area contributed by atoms with E-state index >= 15 is 0 Å². The van der Waals surface area contributed by atoms with Gasteiger partial charge in [-0.05, 0) is 33.8 Å². The Kier molecular flexibility index (Phi) is 5.17. The second kappa shape index (κ2) is 6.21. The van der Waals surface area contributed by atoms with Gasteiger partial charge in [0.25, 0.3) is 0 Å². The topological polar surface area (TPSA) is 44.5 Å². The molecule has 0 aliphatic rings. The SMILES string of the molecule is COC(C)(C)CCOc1ccc(C)cc1C(C)N. The third kappa shape index (κ3) is 4.31. The summed E-state index contributed by atoms with van der Waals surface area (Å²) in [5.74, 6) is 0.877. The number of aryl methyl sites for hydroxylation is 1. The number of benzene rings is 1. The molecule has 3 heteroatoms. The fraction of sp³-hybridized carbons (Fsp3) is 0.600. The largest absolute Gasteiger partial charge is 0.493 e. The number of hydrogen-bond acceptors (Lipinski definition) is 3. The third-order valence-electron chi connectivity index (χ3n) is 3.17. The molecule has 102 valence electrons. The van der Waals surface area contributed by atoms with Gasteiger partial charge in [-0.15, -0.1) is 0 Å². The van der Waals surface area contributed by atoms with Crippen molar-refractivity contribution in [1.82, 2.24) is 0 Å². The van der Waals surface area contributed by atoms with Gasteiger partial charge in [0.15, 0.2) is 0 Å². The van der Waals surface area contributed by atoms with E-state index in [9.17, 15) is 0 Å². The average Bonchev–Trinajstić information content (AvgIpc) is 2.30. The summed E-state index contributed by atoms with van der Waals surface area (Å²) in [4.78, 5) is 0. The van der Waals surface area contributed by atoms with Crippen molar-refractivity contribution in [3.63, 3.8) is 0 Å². The van der Waals surface area contributed by atoms with Crippen molar-refractivity contribution in [1.29, 1.82) is 0 Å². The predicted molar refractivity (Wildman–Crippen MR) is 75.0 cm³/mol. The number of hydrogen-bond donors (Lipinski definition) is 1. The van der Waals surface area contributed by atoms with E-state index in [-0.39, 0.29) is 11.6 Å². The summed E-state index contributed by atoms with van der Waals surface area (Å²) < 4.78 is 11.2. The van der Waals surface area contributed by atoms with Gasteiger partial charge in [0.05, 0.1) is 12.2 Å². The molecule has 3 nitrogen and oxygen atoms in total. The van der Waals surface area contributed by atoms with Crippen LogP contribution in [-0.4, -0.2) is 19.3 Å². The molecule has 0 radical (unpaired) electrons. The number of nitrogens with two attached hydrogens (primary N) is 1. The van der Waals surface area contributed by atoms with Crippen LogP contribution in [0.5, 0.6) is 5.75 Å². The first-order valence-electron chi connectivity index (χ1n) is 6.40. The molecule has 0 amide bonds. The van der Waals surface area contributed by atoms with Gasteiger partial charge in [0, 0.05) is 25.1 Å². The van der Waals surface area contributed by atoms with Crippen molar-refractivity contribution in [2.24, 2.45) is 5.73 Å². The average molecular weight is 251 g/mol. The molecule has 1 aromatic rings. The molecule has 1 rings (SSSR count). The third-order valence-corrected chi connectivity index (χ3v) is 3.17. The van der Waals surface area contributed by atoms with Gasteiger partial charge in [-0.25, -0.2) is 0 Å². The smallest absolute Gasteiger partial charge is 0.124 e. The number of methoxy groups -OCH3 is 1. The summed E-state index contributed by atoms with van der Waals surface area (Å²) in [6.45, 7) is 8.77. The Bertz CT molecular complexity index is 386. The first-order chi connectivity index (χ1) is 8.35. The molecular formula is C15H25NO2. The Morgan fingerprint density at radius 2 is 2.00 bits per heavy atom. The van der Waals surface area contributed by atoms with E-state index in [0.717, 1.165) is 17.7 Å². The highest BCUT2D eigenvalue weighted by Crippen LogP contribution is 2.25. The molecule has 0 saturated carbocycles. The second-order valence-corrected chi connectivity index (χ2v) is 5.39. The molecule has 0 spiro atoms. The van der Waals surface area contributed by atoms with E-state index in [1.165, 1.54) is 5.56 Å². The maximum Gasteiger partial charge on any atom is 0.124 e. The van der Waals surface area contributed by atoms with Gasteiger partial charge in [0.1, 0.15) is 5.75 Å². The van der Waals surface area contributed by atoms with Crippen LogP contribution in [0.25, 0.3) is 0 Å². The van der Waals surface area contributed by atoms with Crippen molar-refractivity contribution in [3.05, 3.63) is 29.3 Å². The quantitative estimate of drug-likeness (QED) is 0.844. The molecular weight excluding hydrogens is 226 g/mol. The predicted octanol–water partition coefficient (Wildman–Crippen LogP) is 3.21. The van der Waals surface area contributed by atoms with Gasteiger partial charge in [-0.1, -0.05) is 17.7 Å². The molecule has 1 atom stereocenters. The standard InChI is InChI=1S/C15H25NO2/c1-11-6-7-14(13(10-11)12(2)16)18-9-8-15(3,4)17-5/h6-7,10,12H,8-9,16H2,1-5H3. The molecule has 0 fully saturated rings. The molecule has 0 aliphatic carbocycles. The molecule has 0 heterocycles. The van der Waals surface area contributed by atoms with Crippen molar-refractivity contribution < 1.29 is 9.47 Å². The lowest BCUT2D eigenvalue weighted by Gasteiger charge is -2.23. The summed E-state index contributed by atoms with van der Waals surface area (Å²) in [7, 11) is 1.72. The highest BCUT2D eigenvalue weighted by Gasteiger charge is 2.16. The zero-order valence-corrected chi connectivity index (χ0v) is 12.1. The van der Waals surface area contributed by atoms with Gasteiger partial charge in [-0.3, -0.25) is 0 Å². The van der Waals surface area contributed by atoms with E-state index in [2.05, 4.69) is 26.8 Å². The lowest BCUT2D eigenvalue weighted by atomic mass is 10.0. The van der Waals surface area contributed by atoms with Crippen molar-refractivity contribution in [2.75, 3.05) is 13.7 Å². The van der Waals surface area contributed by atoms with E-state index in [4.69, 9.17) is 15.2 Å². The minimum Gasteiger partial charge on any atom is -0.493 e. The summed E-state index contributed by atoms with van der Waals surface area (Å²) >= 11 is 0. The fourth-order valence-corrected chi connectivity index (χ4v) is 1.66. The highest BCUT2D eigenvalue weighted by molar-refractivity contribution is 5.38. The normalized spacial score (nSPS) is 13.4. The minimum absolute atomic E-state index is 0.0182. The first kappa shape index (κ1) is 15.0. The summed E-state index contributed by atoms with van der Waals surface area (Å²) in [6, 6.07) is 6.10. The Hall–Kier alpha value is -1.06. The van der Waals surface area contributed by atoms with Gasteiger partial charge in [-0.2, -0.15) is 0 Å². The Morgan fingerprint density at radius 3 is 2.56 bits per heavy atom. The molecule has 0 bridgehead atoms. The molecule has 0 saturated heterocycles. The van der Waals surface area contributed by atoms with Crippen LogP contribution in [0, 0.1) is 6.92 Å². The van der Waals surface area contributed by atoms with Crippen molar-refractivity contribution in [2.45, 2.75) is 45.8 Å². The maximum atomic E-state index is 5.96. The summed E-state index contributed by atoms with van der Waals surface area (Å²) in [5, 5.41) is 0. The Labute approximate surface area is 110 Å². The van der Waals surface area contributed by atoms with E-state index in [0.29, 0.717) is 6.61 Å². The maximum absolute atomic E-state index is 5.96. The first-order valence-corrected chi connectivity index (χ1v) is 6.40. The lowest BCUT2D eigenvalue weighted by Crippen LogP contribution is -2.25. The summed E-state index contributed by atoms with van der Waals surface area (Å²) in [6.07, 6.45) is 0.843. The second-order valence-electron chi connectivity index (χ2n) is 5.39. The van der Waals surface area contributed by atoms with E-state index in [1.807, 2.05) is 19.1 Å². The zero-order valence-electron chi connectivity index (χ0n) is 12.1. The van der Waals surface area contributed by atoms with Crippen LogP contribution >= 0.6 is 0 Å². The summed E-state index contributed by atoms with van der Waals surface area (Å²) in [5.41, 5.74) is 8.07. The van der Waals surface area contributed by atoms with Gasteiger partial charge >= 0.3 is 0 Å². The lowest BCUT2D eigenvalue weighted by molar-refractivity contribution is 0.00536. The minimum atomic E-state index is -0.154. The van der Waals surface area contributed by atoms with Crippen LogP contribution < -0.4 is 10.5 Å². The molecule has 2 N–H and O–H groups in total. The molecule has 1 aromatic carbocycles. The zero-order chi connectivity index (χ0) is 13.8. The molecule has 0 aromatic heterocycles. The van der Waals surface area contributed by atoms with Crippen LogP contribution in [0.2, 0.25) is 0 Å². The fourth-order valence-electron chi connectivity index (χ4n) is 1.66. The van der Waals surface area contributed by atoms with Gasteiger partial charge in [0.2, 0.25) is 0 Å². The molecule has 0 aliphatic heterocycles.